The molecule has 96 valence electrons. The largest absolute Gasteiger partial charge is 0.326 e. The molecule has 1 unspecified atom stereocenters. The minimum absolute atomic E-state index is 0.0726. The van der Waals surface area contributed by atoms with E-state index in [1.807, 2.05) is 20.8 Å². The molecule has 1 aromatic rings. The van der Waals surface area contributed by atoms with Gasteiger partial charge in [0.2, 0.25) is 0 Å². The normalized spacial score (nSPS) is 14.6. The summed E-state index contributed by atoms with van der Waals surface area (Å²) in [5.74, 6) is -0.0726. The molecule has 0 saturated carbocycles. The Balaban J connectivity index is 2.98. The van der Waals surface area contributed by atoms with Crippen LogP contribution < -0.4 is 5.73 Å². The van der Waals surface area contributed by atoms with E-state index in [2.05, 4.69) is 0 Å². The van der Waals surface area contributed by atoms with E-state index in [4.69, 9.17) is 17.3 Å². The summed E-state index contributed by atoms with van der Waals surface area (Å²) in [7, 11) is -3.37. The first-order chi connectivity index (χ1) is 7.63. The molecule has 0 fully saturated rings. The van der Waals surface area contributed by atoms with Crippen molar-refractivity contribution >= 4 is 21.4 Å². The SMILES string of the molecule is CC(C)(C)C(N)CS(=O)(=O)c1cccc(Cl)c1. The lowest BCUT2D eigenvalue weighted by Crippen LogP contribution is -2.41. The molecule has 0 spiro atoms. The van der Waals surface area contributed by atoms with Gasteiger partial charge in [0.25, 0.3) is 0 Å². The van der Waals surface area contributed by atoms with Crippen LogP contribution in [0.4, 0.5) is 0 Å². The molecule has 0 amide bonds. The van der Waals surface area contributed by atoms with Gasteiger partial charge in [0.05, 0.1) is 10.6 Å². The van der Waals surface area contributed by atoms with Crippen molar-refractivity contribution in [2.24, 2.45) is 11.1 Å². The van der Waals surface area contributed by atoms with Crippen molar-refractivity contribution in [3.8, 4) is 0 Å². The molecule has 17 heavy (non-hydrogen) atoms. The van der Waals surface area contributed by atoms with Crippen molar-refractivity contribution in [2.75, 3.05) is 5.75 Å². The highest BCUT2D eigenvalue weighted by atomic mass is 35.5. The fourth-order valence-corrected chi connectivity index (χ4v) is 3.26. The van der Waals surface area contributed by atoms with Gasteiger partial charge in [-0.3, -0.25) is 0 Å². The predicted molar refractivity (Wildman–Crippen MR) is 70.9 cm³/mol. The van der Waals surface area contributed by atoms with Gasteiger partial charge in [-0.2, -0.15) is 0 Å². The smallest absolute Gasteiger partial charge is 0.179 e. The second-order valence-corrected chi connectivity index (χ2v) is 7.68. The topological polar surface area (TPSA) is 60.2 Å². The van der Waals surface area contributed by atoms with Gasteiger partial charge in [-0.05, 0) is 23.6 Å². The summed E-state index contributed by atoms with van der Waals surface area (Å²) in [5, 5.41) is 0.412. The van der Waals surface area contributed by atoms with Crippen molar-refractivity contribution in [2.45, 2.75) is 31.7 Å². The molecule has 0 saturated heterocycles. The summed E-state index contributed by atoms with van der Waals surface area (Å²) in [6, 6.07) is 5.84. The standard InChI is InChI=1S/C12H18ClNO2S/c1-12(2,3)11(14)8-17(15,16)10-6-4-5-9(13)7-10/h4-7,11H,8,14H2,1-3H3. The van der Waals surface area contributed by atoms with Crippen LogP contribution in [0.15, 0.2) is 29.2 Å². The van der Waals surface area contributed by atoms with Gasteiger partial charge < -0.3 is 5.73 Å². The maximum absolute atomic E-state index is 12.1. The molecule has 0 aliphatic rings. The number of halogens is 1. The summed E-state index contributed by atoms with van der Waals surface area (Å²) in [4.78, 5) is 0.227. The van der Waals surface area contributed by atoms with Gasteiger partial charge >= 0.3 is 0 Å². The van der Waals surface area contributed by atoms with Crippen LogP contribution in [0.5, 0.6) is 0 Å². The van der Waals surface area contributed by atoms with Crippen LogP contribution in [0.1, 0.15) is 20.8 Å². The maximum Gasteiger partial charge on any atom is 0.179 e. The highest BCUT2D eigenvalue weighted by Crippen LogP contribution is 2.22. The number of nitrogens with two attached hydrogens (primary N) is 1. The monoisotopic (exact) mass is 275 g/mol. The Kier molecular flexibility index (Phi) is 4.23. The van der Waals surface area contributed by atoms with E-state index in [-0.39, 0.29) is 16.1 Å². The second kappa shape index (κ2) is 4.96. The van der Waals surface area contributed by atoms with E-state index < -0.39 is 15.9 Å². The molecule has 0 bridgehead atoms. The Bertz CT molecular complexity index is 491. The van der Waals surface area contributed by atoms with Gasteiger partial charge in [-0.15, -0.1) is 0 Å². The number of benzene rings is 1. The average molecular weight is 276 g/mol. The van der Waals surface area contributed by atoms with Crippen LogP contribution in [-0.2, 0) is 9.84 Å². The zero-order chi connectivity index (χ0) is 13.3. The van der Waals surface area contributed by atoms with E-state index in [0.717, 1.165) is 0 Å². The zero-order valence-electron chi connectivity index (χ0n) is 10.3. The fourth-order valence-electron chi connectivity index (χ4n) is 1.24. The van der Waals surface area contributed by atoms with Gasteiger partial charge in [-0.1, -0.05) is 38.4 Å². The minimum Gasteiger partial charge on any atom is -0.326 e. The van der Waals surface area contributed by atoms with Gasteiger partial charge in [0, 0.05) is 11.1 Å². The molecule has 0 aliphatic heterocycles. The lowest BCUT2D eigenvalue weighted by molar-refractivity contribution is 0.340. The Morgan fingerprint density at radius 3 is 2.41 bits per heavy atom. The first-order valence-electron chi connectivity index (χ1n) is 5.37. The van der Waals surface area contributed by atoms with E-state index in [1.165, 1.54) is 12.1 Å². The molecular formula is C12H18ClNO2S. The van der Waals surface area contributed by atoms with Crippen LogP contribution in [0.3, 0.4) is 0 Å². The summed E-state index contributed by atoms with van der Waals surface area (Å²) < 4.78 is 24.2. The first kappa shape index (κ1) is 14.5. The quantitative estimate of drug-likeness (QED) is 0.922. The molecule has 3 nitrogen and oxygen atoms in total. The molecule has 1 aromatic carbocycles. The Morgan fingerprint density at radius 1 is 1.35 bits per heavy atom. The van der Waals surface area contributed by atoms with Crippen molar-refractivity contribution in [1.82, 2.24) is 0 Å². The molecule has 1 rings (SSSR count). The lowest BCUT2D eigenvalue weighted by Gasteiger charge is -2.26. The second-order valence-electron chi connectivity index (χ2n) is 5.21. The Hall–Kier alpha value is -0.580. The number of sulfone groups is 1. The van der Waals surface area contributed by atoms with Crippen LogP contribution in [-0.4, -0.2) is 20.2 Å². The van der Waals surface area contributed by atoms with Crippen molar-refractivity contribution in [3.05, 3.63) is 29.3 Å². The summed E-state index contributed by atoms with van der Waals surface area (Å²) in [5.41, 5.74) is 5.66. The number of hydrogen-bond donors (Lipinski definition) is 1. The molecule has 0 heterocycles. The fraction of sp³-hybridized carbons (Fsp3) is 0.500. The van der Waals surface area contributed by atoms with Crippen LogP contribution in [0, 0.1) is 5.41 Å². The maximum atomic E-state index is 12.1. The third-order valence-electron chi connectivity index (χ3n) is 2.67. The highest BCUT2D eigenvalue weighted by Gasteiger charge is 2.27. The lowest BCUT2D eigenvalue weighted by atomic mass is 9.89. The van der Waals surface area contributed by atoms with Gasteiger partial charge in [0.1, 0.15) is 0 Å². The molecule has 0 radical (unpaired) electrons. The molecule has 2 N–H and O–H groups in total. The molecule has 0 aromatic heterocycles. The van der Waals surface area contributed by atoms with E-state index in [0.29, 0.717) is 5.02 Å². The van der Waals surface area contributed by atoms with Gasteiger partial charge in [0.15, 0.2) is 9.84 Å². The zero-order valence-corrected chi connectivity index (χ0v) is 11.8. The van der Waals surface area contributed by atoms with E-state index in [9.17, 15) is 8.42 Å². The molecule has 0 aliphatic carbocycles. The minimum atomic E-state index is -3.37. The number of hydrogen-bond acceptors (Lipinski definition) is 3. The third kappa shape index (κ3) is 3.98. The third-order valence-corrected chi connectivity index (χ3v) is 4.67. The van der Waals surface area contributed by atoms with Gasteiger partial charge in [-0.25, -0.2) is 8.42 Å². The Labute approximate surface area is 108 Å². The average Bonchev–Trinajstić information content (AvgIpc) is 2.15. The van der Waals surface area contributed by atoms with Crippen LogP contribution >= 0.6 is 11.6 Å². The summed E-state index contributed by atoms with van der Waals surface area (Å²) in [6.07, 6.45) is 0. The Morgan fingerprint density at radius 2 is 1.94 bits per heavy atom. The highest BCUT2D eigenvalue weighted by molar-refractivity contribution is 7.91. The first-order valence-corrected chi connectivity index (χ1v) is 7.40. The van der Waals surface area contributed by atoms with E-state index >= 15 is 0 Å². The summed E-state index contributed by atoms with van der Waals surface area (Å²) >= 11 is 5.78. The van der Waals surface area contributed by atoms with Crippen molar-refractivity contribution < 1.29 is 8.42 Å². The van der Waals surface area contributed by atoms with Crippen LogP contribution in [0.2, 0.25) is 5.02 Å². The summed E-state index contributed by atoms with van der Waals surface area (Å²) in [6.45, 7) is 5.77. The van der Waals surface area contributed by atoms with Crippen LogP contribution in [0.25, 0.3) is 0 Å². The van der Waals surface area contributed by atoms with Crippen molar-refractivity contribution in [3.63, 3.8) is 0 Å². The predicted octanol–water partition coefficient (Wildman–Crippen LogP) is 2.49. The number of rotatable bonds is 3. The molecular weight excluding hydrogens is 258 g/mol. The molecule has 1 atom stereocenters. The van der Waals surface area contributed by atoms with Crippen molar-refractivity contribution in [1.29, 1.82) is 0 Å². The van der Waals surface area contributed by atoms with E-state index in [1.54, 1.807) is 12.1 Å². The molecule has 5 heteroatoms.